The van der Waals surface area contributed by atoms with Crippen molar-refractivity contribution in [2.24, 2.45) is 0 Å². The number of carbonyl (C=O) groups is 7. The number of rotatable bonds is 17. The van der Waals surface area contributed by atoms with E-state index in [-0.39, 0.29) is 19.1 Å². The number of nitrogens with one attached hydrogen (secondary N) is 6. The van der Waals surface area contributed by atoms with Gasteiger partial charge in [0.05, 0.1) is 54.2 Å². The van der Waals surface area contributed by atoms with Crippen molar-refractivity contribution in [2.45, 2.75) is 77.3 Å². The highest BCUT2D eigenvalue weighted by Gasteiger charge is 2.32. The lowest BCUT2D eigenvalue weighted by atomic mass is 9.94. The van der Waals surface area contributed by atoms with E-state index in [1.54, 1.807) is 43.4 Å². The second-order valence-electron chi connectivity index (χ2n) is 16.1. The van der Waals surface area contributed by atoms with Crippen LogP contribution in [0.25, 0.3) is 11.1 Å². The van der Waals surface area contributed by atoms with Gasteiger partial charge in [-0.3, -0.25) is 24.0 Å². The summed E-state index contributed by atoms with van der Waals surface area (Å²) in [5.74, 6) is -2.92. The van der Waals surface area contributed by atoms with Gasteiger partial charge in [0.2, 0.25) is 29.5 Å². The molecule has 1 aliphatic rings. The van der Waals surface area contributed by atoms with E-state index in [2.05, 4.69) is 38.8 Å². The molecule has 0 spiro atoms. The van der Waals surface area contributed by atoms with Crippen molar-refractivity contribution in [3.05, 3.63) is 83.4 Å². The Morgan fingerprint density at radius 1 is 0.864 bits per heavy atom. The highest BCUT2D eigenvalue weighted by molar-refractivity contribution is 5.95. The van der Waals surface area contributed by atoms with Crippen LogP contribution in [0.4, 0.5) is 4.79 Å². The monoisotopic (exact) mass is 919 g/mol. The number of unbranched alkanes of at least 4 members (excludes halogenated alkanes) is 1. The summed E-state index contributed by atoms with van der Waals surface area (Å²) in [6, 6.07) is 16.6. The number of esters is 1. The average molecular weight is 920 g/mol. The minimum atomic E-state index is -1.28. The quantitative estimate of drug-likeness (QED) is 0.0844. The number of methoxy groups -OCH3 is 3. The normalized spacial score (nSPS) is 15.1. The minimum absolute atomic E-state index is 0.0599. The Morgan fingerprint density at radius 3 is 2.15 bits per heavy atom. The fourth-order valence-electron chi connectivity index (χ4n) is 6.47. The molecule has 1 aliphatic heterocycles. The maximum atomic E-state index is 13.8. The van der Waals surface area contributed by atoms with Crippen molar-refractivity contribution in [3.8, 4) is 22.6 Å². The summed E-state index contributed by atoms with van der Waals surface area (Å²) in [5.41, 5.74) is 2.68. The zero-order chi connectivity index (χ0) is 48.8. The van der Waals surface area contributed by atoms with Gasteiger partial charge in [-0.1, -0.05) is 55.8 Å². The van der Waals surface area contributed by atoms with Gasteiger partial charge in [0, 0.05) is 31.1 Å². The SMILES string of the molecule is CCCCNC(=O)OC(C)(C)C.CN[C@H](COCc1ccccc1)C(=O)NCC(=O)NCC(=O)N(C)C1C(=O)NCC(=O)N[C@H](C(=O)OC)Cc2ccc(OC)c(c2)-c2cc1ccc2OC. The van der Waals surface area contributed by atoms with E-state index in [1.165, 1.54) is 28.4 Å². The number of alkyl carbamates (subject to hydrolysis) is 1. The molecule has 66 heavy (non-hydrogen) atoms. The van der Waals surface area contributed by atoms with Crippen LogP contribution in [0.2, 0.25) is 0 Å². The van der Waals surface area contributed by atoms with Gasteiger partial charge < -0.3 is 60.5 Å². The van der Waals surface area contributed by atoms with Crippen molar-refractivity contribution >= 4 is 41.6 Å². The Labute approximate surface area is 386 Å². The summed E-state index contributed by atoms with van der Waals surface area (Å²) >= 11 is 0. The van der Waals surface area contributed by atoms with E-state index in [1.807, 2.05) is 51.1 Å². The number of nitrogens with zero attached hydrogens (tertiary/aromatic N) is 1. The molecule has 3 aromatic rings. The second kappa shape index (κ2) is 26.9. The lowest BCUT2D eigenvalue weighted by molar-refractivity contribution is -0.145. The van der Waals surface area contributed by atoms with Gasteiger partial charge in [-0.2, -0.15) is 0 Å². The Bertz CT molecular complexity index is 2110. The van der Waals surface area contributed by atoms with Gasteiger partial charge >= 0.3 is 12.1 Å². The molecule has 4 rings (SSSR count). The van der Waals surface area contributed by atoms with Crippen molar-refractivity contribution in [2.75, 3.05) is 68.2 Å². The first-order valence-corrected chi connectivity index (χ1v) is 21.5. The van der Waals surface area contributed by atoms with Gasteiger partial charge in [-0.15, -0.1) is 0 Å². The molecule has 0 fully saturated rings. The molecule has 360 valence electrons. The largest absolute Gasteiger partial charge is 0.496 e. The summed E-state index contributed by atoms with van der Waals surface area (Å²) in [5, 5.41) is 15.7. The van der Waals surface area contributed by atoms with Crippen LogP contribution in [0.15, 0.2) is 66.7 Å². The number of likely N-dealkylation sites (N-methyl/N-ethyl adjacent to an activating group) is 2. The van der Waals surface area contributed by atoms with E-state index in [9.17, 15) is 33.6 Å². The van der Waals surface area contributed by atoms with Crippen molar-refractivity contribution in [3.63, 3.8) is 0 Å². The van der Waals surface area contributed by atoms with Gasteiger partial charge in [0.25, 0.3) is 0 Å². The summed E-state index contributed by atoms with van der Waals surface area (Å²) in [6.45, 7) is 7.27. The number of fused-ring (bicyclic) bond motifs is 5. The Hall–Kier alpha value is -6.73. The van der Waals surface area contributed by atoms with Crippen molar-refractivity contribution in [1.82, 2.24) is 36.8 Å². The van der Waals surface area contributed by atoms with Crippen LogP contribution >= 0.6 is 0 Å². The molecule has 6 amide bonds. The van der Waals surface area contributed by atoms with Gasteiger partial charge in [-0.25, -0.2) is 9.59 Å². The third-order valence-corrected chi connectivity index (χ3v) is 9.93. The first-order valence-electron chi connectivity index (χ1n) is 21.5. The first-order chi connectivity index (χ1) is 31.4. The number of hydrogen-bond donors (Lipinski definition) is 6. The average Bonchev–Trinajstić information content (AvgIpc) is 3.29. The van der Waals surface area contributed by atoms with Crippen LogP contribution in [-0.2, 0) is 56.0 Å². The highest BCUT2D eigenvalue weighted by atomic mass is 16.6. The maximum Gasteiger partial charge on any atom is 0.407 e. The van der Waals surface area contributed by atoms with Crippen LogP contribution in [0, 0.1) is 0 Å². The topological polar surface area (TPSA) is 241 Å². The Kier molecular flexibility index (Phi) is 21.9. The predicted octanol–water partition coefficient (Wildman–Crippen LogP) is 2.55. The van der Waals surface area contributed by atoms with Crippen molar-refractivity contribution in [1.29, 1.82) is 0 Å². The van der Waals surface area contributed by atoms with Gasteiger partial charge in [0.1, 0.15) is 35.2 Å². The van der Waals surface area contributed by atoms with Crippen LogP contribution in [-0.4, -0.2) is 132 Å². The summed E-state index contributed by atoms with van der Waals surface area (Å²) in [6.07, 6.45) is 1.84. The third-order valence-electron chi connectivity index (χ3n) is 9.93. The number of hydrogen-bond acceptors (Lipinski definition) is 13. The molecule has 0 aliphatic carbocycles. The van der Waals surface area contributed by atoms with Crippen LogP contribution < -0.4 is 41.4 Å². The molecule has 0 saturated carbocycles. The van der Waals surface area contributed by atoms with E-state index < -0.39 is 78.9 Å². The zero-order valence-electron chi connectivity index (χ0n) is 39.3. The smallest absolute Gasteiger partial charge is 0.407 e. The molecule has 0 saturated heterocycles. The number of amides is 6. The molecular weight excluding hydrogens is 855 g/mol. The number of benzene rings is 3. The molecule has 0 radical (unpaired) electrons. The molecule has 19 nitrogen and oxygen atoms in total. The van der Waals surface area contributed by atoms with E-state index in [0.717, 1.165) is 23.3 Å². The van der Waals surface area contributed by atoms with Crippen LogP contribution in [0.3, 0.4) is 0 Å². The third kappa shape index (κ3) is 17.3. The summed E-state index contributed by atoms with van der Waals surface area (Å²) in [4.78, 5) is 90.4. The highest BCUT2D eigenvalue weighted by Crippen LogP contribution is 2.39. The lowest BCUT2D eigenvalue weighted by Gasteiger charge is -2.29. The minimum Gasteiger partial charge on any atom is -0.496 e. The molecule has 1 heterocycles. The Balaban J connectivity index is 0.000000842. The van der Waals surface area contributed by atoms with E-state index in [4.69, 9.17) is 23.7 Å². The zero-order valence-corrected chi connectivity index (χ0v) is 39.3. The molecule has 6 N–H and O–H groups in total. The number of carbonyl (C=O) groups excluding carboxylic acids is 7. The molecule has 3 aromatic carbocycles. The first kappa shape index (κ1) is 53.6. The molecule has 4 bridgehead atoms. The van der Waals surface area contributed by atoms with Crippen molar-refractivity contribution < 1.29 is 57.2 Å². The van der Waals surface area contributed by atoms with E-state index in [0.29, 0.717) is 46.9 Å². The van der Waals surface area contributed by atoms with Crippen LogP contribution in [0.5, 0.6) is 11.5 Å². The molecule has 1 unspecified atom stereocenters. The fraction of sp³-hybridized carbons (Fsp3) is 0.468. The maximum absolute atomic E-state index is 13.8. The predicted molar refractivity (Wildman–Crippen MR) is 245 cm³/mol. The molecule has 3 atom stereocenters. The second-order valence-corrected chi connectivity index (χ2v) is 16.1. The molecule has 0 aromatic heterocycles. The van der Waals surface area contributed by atoms with Gasteiger partial charge in [0.15, 0.2) is 0 Å². The Morgan fingerprint density at radius 2 is 1.53 bits per heavy atom. The molecule has 19 heteroatoms. The standard InChI is InChI=1S/C38H46N6O10.C9H19NO2/c1-39-29(22-54-21-23-9-7-6-8-10-23)36(48)41-18-32(45)40-20-34(47)44(2)35-25-12-14-31(52-4)27(17-25)26-15-24(11-13-30(26)51-3)16-28(38(50)53-5)43-33(46)19-42-37(35)49;1-5-6-7-10-8(11)12-9(2,3)4/h6-15,17,28-29,35,39H,16,18-22H2,1-5H3,(H,40,45)(H,41,48)(H,42,49)(H,43,46);5-7H2,1-4H3,(H,10,11)/t28-,29+,35?;/m0./s1. The van der Waals surface area contributed by atoms with Gasteiger partial charge in [-0.05, 0) is 75.2 Å². The summed E-state index contributed by atoms with van der Waals surface area (Å²) in [7, 11) is 7.16. The molecular formula is C47H65N7O12. The summed E-state index contributed by atoms with van der Waals surface area (Å²) < 4.78 is 26.9. The fourth-order valence-corrected chi connectivity index (χ4v) is 6.47. The van der Waals surface area contributed by atoms with E-state index >= 15 is 0 Å². The van der Waals surface area contributed by atoms with Crippen LogP contribution in [0.1, 0.15) is 63.3 Å². The lowest BCUT2D eigenvalue weighted by Crippen LogP contribution is -2.50. The number of ether oxygens (including phenoxy) is 5.